The Balaban J connectivity index is 0.00000200. The van der Waals surface area contributed by atoms with Gasteiger partial charge in [0.15, 0.2) is 5.82 Å². The number of nitrogens with one attached hydrogen (secondary N) is 1. The van der Waals surface area contributed by atoms with Crippen LogP contribution in [0.4, 0.5) is 5.69 Å². The van der Waals surface area contributed by atoms with Gasteiger partial charge in [-0.15, -0.1) is 24.8 Å². The highest BCUT2D eigenvalue weighted by Gasteiger charge is 2.18. The molecule has 1 amide bonds. The molecule has 21 heavy (non-hydrogen) atoms. The molecule has 0 radical (unpaired) electrons. The lowest BCUT2D eigenvalue weighted by Gasteiger charge is -2.16. The molecule has 2 unspecified atom stereocenters. The number of amides is 1. The molecule has 7 nitrogen and oxygen atoms in total. The van der Waals surface area contributed by atoms with Gasteiger partial charge < -0.3 is 11.1 Å². The Hall–Kier alpha value is -1.70. The minimum absolute atomic E-state index is 0. The van der Waals surface area contributed by atoms with E-state index in [9.17, 15) is 4.79 Å². The van der Waals surface area contributed by atoms with Crippen molar-refractivity contribution in [2.24, 2.45) is 11.7 Å². The van der Waals surface area contributed by atoms with E-state index in [0.29, 0.717) is 11.5 Å². The Bertz CT molecular complexity index is 561. The smallest absolute Gasteiger partial charge is 0.228 e. The molecule has 0 saturated heterocycles. The van der Waals surface area contributed by atoms with E-state index < -0.39 is 0 Å². The van der Waals surface area contributed by atoms with E-state index in [2.05, 4.69) is 20.4 Å². The van der Waals surface area contributed by atoms with Crippen molar-refractivity contribution in [3.8, 4) is 5.82 Å². The molecule has 3 N–H and O–H groups in total. The summed E-state index contributed by atoms with van der Waals surface area (Å²) >= 11 is 0. The van der Waals surface area contributed by atoms with Crippen LogP contribution in [0.2, 0.25) is 0 Å². The van der Waals surface area contributed by atoms with Crippen LogP contribution >= 0.6 is 24.8 Å². The second-order valence-corrected chi connectivity index (χ2v) is 4.35. The van der Waals surface area contributed by atoms with Gasteiger partial charge in [0.2, 0.25) is 5.91 Å². The maximum Gasteiger partial charge on any atom is 0.228 e. The summed E-state index contributed by atoms with van der Waals surface area (Å²) in [6.45, 7) is 3.58. The van der Waals surface area contributed by atoms with Crippen LogP contribution in [0.15, 0.2) is 31.0 Å². The SMILES string of the molecule is CC(N)C(C)C(=O)Nc1cccnc1-n1cncn1.Cl.Cl. The quantitative estimate of drug-likeness (QED) is 0.882. The molecule has 0 spiro atoms. The number of rotatable bonds is 4. The topological polar surface area (TPSA) is 98.7 Å². The normalized spacial score (nSPS) is 12.5. The molecule has 0 aliphatic carbocycles. The molecular weight excluding hydrogens is 315 g/mol. The Morgan fingerprint density at radius 3 is 2.67 bits per heavy atom. The summed E-state index contributed by atoms with van der Waals surface area (Å²) in [7, 11) is 0. The summed E-state index contributed by atoms with van der Waals surface area (Å²) in [6, 6.07) is 3.29. The van der Waals surface area contributed by atoms with Crippen molar-refractivity contribution >= 4 is 36.4 Å². The van der Waals surface area contributed by atoms with Gasteiger partial charge in [-0.3, -0.25) is 4.79 Å². The van der Waals surface area contributed by atoms with E-state index in [-0.39, 0.29) is 42.7 Å². The number of nitrogens with zero attached hydrogens (tertiary/aromatic N) is 4. The van der Waals surface area contributed by atoms with Crippen LogP contribution in [0.1, 0.15) is 13.8 Å². The van der Waals surface area contributed by atoms with Gasteiger partial charge in [-0.2, -0.15) is 5.10 Å². The number of hydrogen-bond acceptors (Lipinski definition) is 5. The number of nitrogens with two attached hydrogens (primary N) is 1. The van der Waals surface area contributed by atoms with Crippen molar-refractivity contribution in [3.63, 3.8) is 0 Å². The van der Waals surface area contributed by atoms with E-state index >= 15 is 0 Å². The highest BCUT2D eigenvalue weighted by molar-refractivity contribution is 5.94. The summed E-state index contributed by atoms with van der Waals surface area (Å²) in [6.07, 6.45) is 4.56. The summed E-state index contributed by atoms with van der Waals surface area (Å²) in [5.74, 6) is 0.0818. The van der Waals surface area contributed by atoms with Crippen LogP contribution in [0.3, 0.4) is 0 Å². The number of carbonyl (C=O) groups is 1. The number of pyridine rings is 1. The Kier molecular flexibility index (Phi) is 7.86. The fourth-order valence-corrected chi connectivity index (χ4v) is 1.48. The largest absolute Gasteiger partial charge is 0.327 e. The first-order valence-corrected chi connectivity index (χ1v) is 5.96. The summed E-state index contributed by atoms with van der Waals surface area (Å²) in [4.78, 5) is 20.1. The number of hydrogen-bond donors (Lipinski definition) is 2. The Labute approximate surface area is 135 Å². The Morgan fingerprint density at radius 2 is 2.10 bits per heavy atom. The highest BCUT2D eigenvalue weighted by atomic mass is 35.5. The van der Waals surface area contributed by atoms with Crippen molar-refractivity contribution in [3.05, 3.63) is 31.0 Å². The van der Waals surface area contributed by atoms with Gasteiger partial charge in [0.05, 0.1) is 11.6 Å². The number of anilines is 1. The first kappa shape index (κ1) is 19.3. The van der Waals surface area contributed by atoms with Gasteiger partial charge in [0.25, 0.3) is 0 Å². The van der Waals surface area contributed by atoms with Crippen LogP contribution in [0.5, 0.6) is 0 Å². The second-order valence-electron chi connectivity index (χ2n) is 4.35. The molecule has 9 heteroatoms. The maximum absolute atomic E-state index is 12.0. The van der Waals surface area contributed by atoms with Crippen molar-refractivity contribution in [1.82, 2.24) is 19.7 Å². The molecule has 2 aromatic rings. The minimum atomic E-state index is -0.288. The van der Waals surface area contributed by atoms with E-state index in [0.717, 1.165) is 0 Å². The number of aromatic nitrogens is 4. The average molecular weight is 333 g/mol. The fourth-order valence-electron chi connectivity index (χ4n) is 1.48. The third-order valence-electron chi connectivity index (χ3n) is 2.88. The molecular formula is C12H18Cl2N6O. The van der Waals surface area contributed by atoms with Crippen molar-refractivity contribution in [2.75, 3.05) is 5.32 Å². The molecule has 2 atom stereocenters. The first-order valence-electron chi connectivity index (χ1n) is 5.96. The number of halogens is 2. The van der Waals surface area contributed by atoms with Crippen LogP contribution in [-0.4, -0.2) is 31.7 Å². The molecule has 2 aromatic heterocycles. The van der Waals surface area contributed by atoms with Gasteiger partial charge in [-0.1, -0.05) is 6.92 Å². The van der Waals surface area contributed by atoms with Crippen LogP contribution in [0.25, 0.3) is 5.82 Å². The standard InChI is InChI=1S/C12H16N6O.2ClH/c1-8(9(2)13)12(19)17-10-4-3-5-15-11(10)18-7-14-6-16-18;;/h3-9H,13H2,1-2H3,(H,17,19);2*1H. The molecule has 0 aliphatic rings. The molecule has 0 aromatic carbocycles. The van der Waals surface area contributed by atoms with Crippen LogP contribution in [0, 0.1) is 5.92 Å². The van der Waals surface area contributed by atoms with Gasteiger partial charge in [0, 0.05) is 12.2 Å². The third kappa shape index (κ3) is 4.66. The summed E-state index contributed by atoms with van der Waals surface area (Å²) in [5, 5.41) is 6.81. The molecule has 0 bridgehead atoms. The molecule has 0 aliphatic heterocycles. The van der Waals surface area contributed by atoms with E-state index in [1.54, 1.807) is 32.2 Å². The molecule has 0 saturated carbocycles. The zero-order valence-corrected chi connectivity index (χ0v) is 13.3. The van der Waals surface area contributed by atoms with Gasteiger partial charge >= 0.3 is 0 Å². The molecule has 116 valence electrons. The van der Waals surface area contributed by atoms with Crippen molar-refractivity contribution < 1.29 is 4.79 Å². The molecule has 0 fully saturated rings. The minimum Gasteiger partial charge on any atom is -0.327 e. The van der Waals surface area contributed by atoms with Gasteiger partial charge in [0.1, 0.15) is 12.7 Å². The number of carbonyl (C=O) groups excluding carboxylic acids is 1. The van der Waals surface area contributed by atoms with Gasteiger partial charge in [-0.05, 0) is 19.1 Å². The fraction of sp³-hybridized carbons (Fsp3) is 0.333. The van der Waals surface area contributed by atoms with E-state index in [1.165, 1.54) is 17.3 Å². The Morgan fingerprint density at radius 1 is 1.38 bits per heavy atom. The van der Waals surface area contributed by atoms with E-state index in [1.807, 2.05) is 0 Å². The lowest BCUT2D eigenvalue weighted by atomic mass is 10.0. The van der Waals surface area contributed by atoms with Crippen LogP contribution in [-0.2, 0) is 4.79 Å². The molecule has 2 heterocycles. The lowest BCUT2D eigenvalue weighted by Crippen LogP contribution is -2.34. The average Bonchev–Trinajstić information content (AvgIpc) is 2.92. The predicted octanol–water partition coefficient (Wildman–Crippen LogP) is 1.43. The van der Waals surface area contributed by atoms with E-state index in [4.69, 9.17) is 5.73 Å². The second kappa shape index (κ2) is 8.56. The van der Waals surface area contributed by atoms with Crippen molar-refractivity contribution in [1.29, 1.82) is 0 Å². The third-order valence-corrected chi connectivity index (χ3v) is 2.88. The monoisotopic (exact) mass is 332 g/mol. The van der Waals surface area contributed by atoms with Crippen molar-refractivity contribution in [2.45, 2.75) is 19.9 Å². The lowest BCUT2D eigenvalue weighted by molar-refractivity contribution is -0.119. The zero-order valence-electron chi connectivity index (χ0n) is 11.6. The maximum atomic E-state index is 12.0. The summed E-state index contributed by atoms with van der Waals surface area (Å²) < 4.78 is 1.49. The first-order chi connectivity index (χ1) is 9.09. The summed E-state index contributed by atoms with van der Waals surface area (Å²) in [5.41, 5.74) is 6.29. The predicted molar refractivity (Wildman–Crippen MR) is 85.1 cm³/mol. The van der Waals surface area contributed by atoms with Crippen LogP contribution < -0.4 is 11.1 Å². The highest BCUT2D eigenvalue weighted by Crippen LogP contribution is 2.17. The molecule has 2 rings (SSSR count). The van der Waals surface area contributed by atoms with Gasteiger partial charge in [-0.25, -0.2) is 14.6 Å². The zero-order chi connectivity index (χ0) is 13.8.